The van der Waals surface area contributed by atoms with E-state index in [1.807, 2.05) is 12.1 Å². The molecular weight excluding hydrogens is 264 g/mol. The molecule has 2 aliphatic rings. The molecule has 1 aliphatic heterocycles. The highest BCUT2D eigenvalue weighted by Gasteiger charge is 2.19. The molecular formula is C17H26N2O2. The lowest BCUT2D eigenvalue weighted by Crippen LogP contribution is -2.18. The number of fused-ring (bicyclic) bond motifs is 1. The van der Waals surface area contributed by atoms with Crippen molar-refractivity contribution in [3.05, 3.63) is 12.1 Å². The summed E-state index contributed by atoms with van der Waals surface area (Å²) >= 11 is 0. The minimum atomic E-state index is 0.596. The van der Waals surface area contributed by atoms with Gasteiger partial charge in [-0.15, -0.1) is 0 Å². The van der Waals surface area contributed by atoms with Crippen molar-refractivity contribution in [1.82, 2.24) is 0 Å². The molecule has 1 aliphatic carbocycles. The summed E-state index contributed by atoms with van der Waals surface area (Å²) in [7, 11) is 0. The molecule has 0 saturated heterocycles. The minimum absolute atomic E-state index is 0.596. The molecule has 0 radical (unpaired) electrons. The second kappa shape index (κ2) is 6.46. The summed E-state index contributed by atoms with van der Waals surface area (Å²) in [5, 5.41) is 3.46. The zero-order chi connectivity index (χ0) is 14.7. The normalized spacial score (nSPS) is 24.6. The molecule has 1 heterocycles. The van der Waals surface area contributed by atoms with Gasteiger partial charge in [0.05, 0.1) is 11.4 Å². The topological polar surface area (TPSA) is 56.5 Å². The van der Waals surface area contributed by atoms with Crippen molar-refractivity contribution in [2.24, 2.45) is 11.8 Å². The van der Waals surface area contributed by atoms with Gasteiger partial charge in [-0.05, 0) is 24.7 Å². The molecule has 0 spiro atoms. The predicted molar refractivity (Wildman–Crippen MR) is 86.1 cm³/mol. The fraction of sp³-hybridized carbons (Fsp3) is 0.647. The van der Waals surface area contributed by atoms with Gasteiger partial charge in [0.2, 0.25) is 0 Å². The van der Waals surface area contributed by atoms with E-state index in [1.165, 1.54) is 32.1 Å². The second-order valence-corrected chi connectivity index (χ2v) is 6.44. The number of hydrogen-bond acceptors (Lipinski definition) is 4. The first-order valence-corrected chi connectivity index (χ1v) is 8.15. The summed E-state index contributed by atoms with van der Waals surface area (Å²) in [5.74, 6) is 3.30. The Kier molecular flexibility index (Phi) is 4.42. The van der Waals surface area contributed by atoms with Gasteiger partial charge < -0.3 is 20.5 Å². The van der Waals surface area contributed by atoms with Gasteiger partial charge in [-0.2, -0.15) is 0 Å². The molecule has 0 amide bonds. The summed E-state index contributed by atoms with van der Waals surface area (Å²) < 4.78 is 11.1. The van der Waals surface area contributed by atoms with E-state index >= 15 is 0 Å². The van der Waals surface area contributed by atoms with Crippen molar-refractivity contribution in [3.63, 3.8) is 0 Å². The van der Waals surface area contributed by atoms with Gasteiger partial charge in [0.15, 0.2) is 11.5 Å². The maximum atomic E-state index is 6.09. The molecule has 0 bridgehead atoms. The van der Waals surface area contributed by atoms with Gasteiger partial charge in [-0.3, -0.25) is 0 Å². The van der Waals surface area contributed by atoms with Crippen LogP contribution in [0.25, 0.3) is 0 Å². The number of rotatable bonds is 4. The Morgan fingerprint density at radius 3 is 2.71 bits per heavy atom. The van der Waals surface area contributed by atoms with Crippen molar-refractivity contribution in [3.8, 4) is 11.5 Å². The Morgan fingerprint density at radius 2 is 1.95 bits per heavy atom. The molecule has 3 rings (SSSR count). The third kappa shape index (κ3) is 3.55. The van der Waals surface area contributed by atoms with Crippen LogP contribution in [0.4, 0.5) is 11.4 Å². The maximum Gasteiger partial charge on any atom is 0.163 e. The molecule has 1 aromatic carbocycles. The van der Waals surface area contributed by atoms with Crippen LogP contribution in [0.3, 0.4) is 0 Å². The number of benzene rings is 1. The molecule has 0 aromatic heterocycles. The molecule has 2 atom stereocenters. The first-order chi connectivity index (χ1) is 10.2. The maximum absolute atomic E-state index is 6.09. The highest BCUT2D eigenvalue weighted by atomic mass is 16.6. The van der Waals surface area contributed by atoms with E-state index in [0.29, 0.717) is 13.2 Å². The highest BCUT2D eigenvalue weighted by molar-refractivity contribution is 5.72. The third-order valence-corrected chi connectivity index (χ3v) is 4.63. The SMILES string of the molecule is CC1CCCC(CCNc2cc3c(cc2N)OCCO3)C1. The number of anilines is 2. The van der Waals surface area contributed by atoms with Gasteiger partial charge >= 0.3 is 0 Å². The highest BCUT2D eigenvalue weighted by Crippen LogP contribution is 2.37. The third-order valence-electron chi connectivity index (χ3n) is 4.63. The van der Waals surface area contributed by atoms with Gasteiger partial charge in [0, 0.05) is 18.7 Å². The molecule has 1 fully saturated rings. The van der Waals surface area contributed by atoms with E-state index in [-0.39, 0.29) is 0 Å². The van der Waals surface area contributed by atoms with Crippen LogP contribution < -0.4 is 20.5 Å². The van der Waals surface area contributed by atoms with Crippen LogP contribution in [0.2, 0.25) is 0 Å². The van der Waals surface area contributed by atoms with Crippen molar-refractivity contribution >= 4 is 11.4 Å². The lowest BCUT2D eigenvalue weighted by atomic mass is 9.81. The predicted octanol–water partition coefficient (Wildman–Crippen LogP) is 3.67. The van der Waals surface area contributed by atoms with E-state index in [2.05, 4.69) is 12.2 Å². The van der Waals surface area contributed by atoms with Gasteiger partial charge in [0.1, 0.15) is 13.2 Å². The lowest BCUT2D eigenvalue weighted by molar-refractivity contribution is 0.172. The quantitative estimate of drug-likeness (QED) is 0.831. The average molecular weight is 290 g/mol. The zero-order valence-electron chi connectivity index (χ0n) is 12.9. The molecule has 1 saturated carbocycles. The monoisotopic (exact) mass is 290 g/mol. The Balaban J connectivity index is 1.55. The lowest BCUT2D eigenvalue weighted by Gasteiger charge is -2.27. The summed E-state index contributed by atoms with van der Waals surface area (Å²) in [6, 6.07) is 3.83. The summed E-state index contributed by atoms with van der Waals surface area (Å²) in [6.07, 6.45) is 6.76. The Hall–Kier alpha value is -1.58. The van der Waals surface area contributed by atoms with Crippen molar-refractivity contribution < 1.29 is 9.47 Å². The van der Waals surface area contributed by atoms with E-state index in [4.69, 9.17) is 15.2 Å². The van der Waals surface area contributed by atoms with Crippen LogP contribution in [0.15, 0.2) is 12.1 Å². The Morgan fingerprint density at radius 1 is 1.19 bits per heavy atom. The summed E-state index contributed by atoms with van der Waals surface area (Å²) in [4.78, 5) is 0. The summed E-state index contributed by atoms with van der Waals surface area (Å²) in [5.41, 5.74) is 7.78. The molecule has 1 aromatic rings. The van der Waals surface area contributed by atoms with Crippen molar-refractivity contribution in [1.29, 1.82) is 0 Å². The zero-order valence-corrected chi connectivity index (χ0v) is 12.9. The Bertz CT molecular complexity index is 490. The standard InChI is InChI=1S/C17H26N2O2/c1-12-3-2-4-13(9-12)5-6-19-15-11-17-16(10-14(15)18)20-7-8-21-17/h10-13,19H,2-9,18H2,1H3. The van der Waals surface area contributed by atoms with Crippen LogP contribution in [0.1, 0.15) is 39.0 Å². The van der Waals surface area contributed by atoms with Crippen molar-refractivity contribution in [2.45, 2.75) is 39.0 Å². The largest absolute Gasteiger partial charge is 0.486 e. The van der Waals surface area contributed by atoms with Gasteiger partial charge in [-0.1, -0.05) is 26.2 Å². The van der Waals surface area contributed by atoms with Gasteiger partial charge in [-0.25, -0.2) is 0 Å². The number of ether oxygens (including phenoxy) is 2. The molecule has 4 heteroatoms. The average Bonchev–Trinajstić information content (AvgIpc) is 2.48. The molecule has 2 unspecified atom stereocenters. The number of nitrogens with two attached hydrogens (primary N) is 1. The van der Waals surface area contributed by atoms with Crippen LogP contribution in [-0.4, -0.2) is 19.8 Å². The molecule has 21 heavy (non-hydrogen) atoms. The van der Waals surface area contributed by atoms with Crippen LogP contribution >= 0.6 is 0 Å². The van der Waals surface area contributed by atoms with Gasteiger partial charge in [0.25, 0.3) is 0 Å². The van der Waals surface area contributed by atoms with E-state index in [0.717, 1.165) is 41.3 Å². The van der Waals surface area contributed by atoms with E-state index in [9.17, 15) is 0 Å². The number of nitrogen functional groups attached to an aromatic ring is 1. The van der Waals surface area contributed by atoms with E-state index in [1.54, 1.807) is 0 Å². The first kappa shape index (κ1) is 14.4. The Labute approximate surface area is 127 Å². The van der Waals surface area contributed by atoms with Crippen LogP contribution in [0, 0.1) is 11.8 Å². The fourth-order valence-corrected chi connectivity index (χ4v) is 3.49. The van der Waals surface area contributed by atoms with Crippen LogP contribution in [-0.2, 0) is 0 Å². The molecule has 116 valence electrons. The van der Waals surface area contributed by atoms with Crippen LogP contribution in [0.5, 0.6) is 11.5 Å². The van der Waals surface area contributed by atoms with Crippen molar-refractivity contribution in [2.75, 3.05) is 30.8 Å². The number of nitrogens with one attached hydrogen (secondary N) is 1. The molecule has 3 N–H and O–H groups in total. The second-order valence-electron chi connectivity index (χ2n) is 6.44. The summed E-state index contributed by atoms with van der Waals surface area (Å²) in [6.45, 7) is 4.55. The van der Waals surface area contributed by atoms with E-state index < -0.39 is 0 Å². The smallest absolute Gasteiger partial charge is 0.163 e. The molecule has 4 nitrogen and oxygen atoms in total. The number of hydrogen-bond donors (Lipinski definition) is 2. The first-order valence-electron chi connectivity index (χ1n) is 8.15. The fourth-order valence-electron chi connectivity index (χ4n) is 3.49. The minimum Gasteiger partial charge on any atom is -0.486 e.